The maximum absolute atomic E-state index is 5.42. The van der Waals surface area contributed by atoms with Crippen LogP contribution in [0.2, 0.25) is 4.43 Å². The normalized spacial score (nSPS) is 9.11. The third kappa shape index (κ3) is 1.48. The summed E-state index contributed by atoms with van der Waals surface area (Å²) in [6.45, 7) is 2.05. The van der Waals surface area contributed by atoms with Crippen molar-refractivity contribution < 1.29 is 29.0 Å². The molecule has 0 radical (unpaired) electrons. The summed E-state index contributed by atoms with van der Waals surface area (Å²) in [4.78, 5) is 0. The van der Waals surface area contributed by atoms with Crippen molar-refractivity contribution in [1.82, 2.24) is 0 Å². The molecule has 2 nitrogen and oxygen atoms in total. The van der Waals surface area contributed by atoms with Gasteiger partial charge in [0.05, 0.1) is 0 Å². The molecule has 0 unspecified atom stereocenters. The molecule has 0 fully saturated rings. The molecule has 46 valence electrons. The van der Waals surface area contributed by atoms with Gasteiger partial charge >= 0.3 is 66.9 Å². The molecule has 3 heteroatoms. The molecule has 0 saturated carbocycles. The second kappa shape index (κ2) is 2.73. The Morgan fingerprint density at radius 3 is 2.56 bits per heavy atom. The van der Waals surface area contributed by atoms with E-state index in [0.29, 0.717) is 5.88 Å². The minimum absolute atomic E-state index is 0.573. The molecule has 1 aromatic rings. The van der Waals surface area contributed by atoms with Crippen molar-refractivity contribution in [2.45, 2.75) is 11.4 Å². The van der Waals surface area contributed by atoms with Crippen molar-refractivity contribution >= 4 is 9.15 Å². The first kappa shape index (κ1) is 7.13. The van der Waals surface area contributed by atoms with E-state index in [9.17, 15) is 0 Å². The fourth-order valence-electron chi connectivity index (χ4n) is 0.897. The summed E-state index contributed by atoms with van der Waals surface area (Å²) in [5, 5.41) is 0. The van der Waals surface area contributed by atoms with E-state index in [1.807, 2.05) is 6.07 Å². The zero-order valence-electron chi connectivity index (χ0n) is 5.77. The zero-order chi connectivity index (χ0) is 6.85. The van der Waals surface area contributed by atoms with Gasteiger partial charge in [-0.25, -0.2) is 0 Å². The van der Waals surface area contributed by atoms with E-state index < -0.39 is 24.6 Å². The van der Waals surface area contributed by atoms with Gasteiger partial charge in [-0.15, -0.1) is 0 Å². The first-order valence-corrected chi connectivity index (χ1v) is 11.3. The fourth-order valence-corrected chi connectivity index (χ4v) is 4.67. The van der Waals surface area contributed by atoms with Crippen LogP contribution >= 0.6 is 0 Å². The van der Waals surface area contributed by atoms with Crippen molar-refractivity contribution in [3.63, 3.8) is 0 Å². The Morgan fingerprint density at radius 2 is 2.33 bits per heavy atom. The number of furan rings is 1. The molecular formula is C6H9HgNO. The number of aryl methyl sites for hydroxylation is 1. The van der Waals surface area contributed by atoms with Crippen LogP contribution in [0, 0.1) is 6.92 Å². The monoisotopic (exact) mass is 313 g/mol. The first-order valence-electron chi connectivity index (χ1n) is 3.08. The standard InChI is InChI=1S/C5H6NO.CH3.Hg/c1-4-2-5(6)7-3-4;;/h2H,6H2,1H3;1H3;. The van der Waals surface area contributed by atoms with E-state index in [1.54, 1.807) is 0 Å². The Labute approximate surface area is 66.9 Å². The number of nitrogen functional groups attached to an aromatic ring is 1. The summed E-state index contributed by atoms with van der Waals surface area (Å²) in [6, 6.07) is 1.90. The van der Waals surface area contributed by atoms with Gasteiger partial charge in [0.1, 0.15) is 0 Å². The van der Waals surface area contributed by atoms with E-state index in [2.05, 4.69) is 11.4 Å². The van der Waals surface area contributed by atoms with E-state index in [1.165, 1.54) is 8.83 Å². The van der Waals surface area contributed by atoms with Gasteiger partial charge in [-0.1, -0.05) is 0 Å². The summed E-state index contributed by atoms with van der Waals surface area (Å²) in [7, 11) is 0. The number of hydrogen-bond donors (Lipinski definition) is 1. The van der Waals surface area contributed by atoms with Gasteiger partial charge in [0, 0.05) is 0 Å². The topological polar surface area (TPSA) is 39.2 Å². The molecule has 0 aliphatic heterocycles. The molecule has 0 saturated heterocycles. The summed E-state index contributed by atoms with van der Waals surface area (Å²) in [5.74, 6) is 0.573. The Bertz CT molecular complexity index is 207. The summed E-state index contributed by atoms with van der Waals surface area (Å²) < 4.78 is 8.72. The van der Waals surface area contributed by atoms with Gasteiger partial charge in [-0.2, -0.15) is 0 Å². The van der Waals surface area contributed by atoms with Crippen molar-refractivity contribution in [3.05, 3.63) is 11.6 Å². The van der Waals surface area contributed by atoms with E-state index in [0.717, 1.165) is 0 Å². The second-order valence-electron chi connectivity index (χ2n) is 2.11. The molecule has 1 heterocycles. The molecule has 0 aliphatic carbocycles. The van der Waals surface area contributed by atoms with Gasteiger partial charge < -0.3 is 0 Å². The van der Waals surface area contributed by atoms with Crippen LogP contribution < -0.4 is 9.00 Å². The maximum atomic E-state index is 5.42. The van der Waals surface area contributed by atoms with E-state index >= 15 is 0 Å². The van der Waals surface area contributed by atoms with Crippen LogP contribution in [-0.2, 0) is 24.6 Å². The van der Waals surface area contributed by atoms with Gasteiger partial charge in [-0.05, 0) is 0 Å². The zero-order valence-corrected chi connectivity index (χ0v) is 11.3. The van der Waals surface area contributed by atoms with Crippen LogP contribution in [0.1, 0.15) is 5.56 Å². The number of anilines is 1. The molecule has 0 amide bonds. The van der Waals surface area contributed by atoms with E-state index in [4.69, 9.17) is 10.2 Å². The van der Waals surface area contributed by atoms with Gasteiger partial charge in [0.25, 0.3) is 0 Å². The summed E-state index contributed by atoms with van der Waals surface area (Å²) in [5.41, 5.74) is 6.67. The van der Waals surface area contributed by atoms with Gasteiger partial charge in [0.15, 0.2) is 0 Å². The van der Waals surface area contributed by atoms with Crippen LogP contribution in [0.15, 0.2) is 10.5 Å². The van der Waals surface area contributed by atoms with E-state index in [-0.39, 0.29) is 0 Å². The fraction of sp³-hybridized carbons (Fsp3) is 0.333. The Morgan fingerprint density at radius 1 is 1.67 bits per heavy atom. The first-order chi connectivity index (χ1) is 4.24. The number of nitrogens with two attached hydrogens (primary N) is 1. The Kier molecular flexibility index (Phi) is 2.16. The van der Waals surface area contributed by atoms with Crippen molar-refractivity contribution in [1.29, 1.82) is 0 Å². The summed E-state index contributed by atoms with van der Waals surface area (Å²) in [6.07, 6.45) is 0. The van der Waals surface area contributed by atoms with Crippen LogP contribution in [0.5, 0.6) is 0 Å². The van der Waals surface area contributed by atoms with Crippen molar-refractivity contribution in [2.75, 3.05) is 5.73 Å². The number of hydrogen-bond acceptors (Lipinski definition) is 2. The third-order valence-corrected chi connectivity index (χ3v) is 6.59. The molecule has 0 aromatic carbocycles. The Balaban J connectivity index is 3.01. The minimum atomic E-state index is -0.813. The molecule has 0 bridgehead atoms. The average Bonchev–Trinajstić information content (AvgIpc) is 2.10. The third-order valence-electron chi connectivity index (χ3n) is 1.36. The number of rotatable bonds is 1. The van der Waals surface area contributed by atoms with Crippen LogP contribution in [-0.4, -0.2) is 0 Å². The average molecular weight is 312 g/mol. The van der Waals surface area contributed by atoms with Crippen LogP contribution in [0.4, 0.5) is 5.88 Å². The Hall–Kier alpha value is 0.0151. The molecule has 1 aromatic heterocycles. The van der Waals surface area contributed by atoms with Crippen molar-refractivity contribution in [2.24, 2.45) is 0 Å². The molecule has 0 aliphatic rings. The molecule has 0 spiro atoms. The predicted molar refractivity (Wildman–Crippen MR) is 33.4 cm³/mol. The second-order valence-corrected chi connectivity index (χ2v) is 7.35. The molecule has 9 heavy (non-hydrogen) atoms. The van der Waals surface area contributed by atoms with Crippen LogP contribution in [0.3, 0.4) is 0 Å². The SMILES string of the molecule is [CH3][Hg][c]1oc(N)cc1C. The molecule has 2 N–H and O–H groups in total. The quantitative estimate of drug-likeness (QED) is 0.784. The van der Waals surface area contributed by atoms with Gasteiger partial charge in [-0.3, -0.25) is 0 Å². The van der Waals surface area contributed by atoms with Gasteiger partial charge in [0.2, 0.25) is 0 Å². The molecule has 1 rings (SSSR count). The summed E-state index contributed by atoms with van der Waals surface area (Å²) >= 11 is -0.813. The molecule has 0 atom stereocenters. The molecular weight excluding hydrogens is 303 g/mol. The van der Waals surface area contributed by atoms with Crippen LogP contribution in [0.25, 0.3) is 0 Å². The van der Waals surface area contributed by atoms with Crippen molar-refractivity contribution in [3.8, 4) is 0 Å². The predicted octanol–water partition coefficient (Wildman–Crippen LogP) is 0.926.